The van der Waals surface area contributed by atoms with Crippen LogP contribution < -0.4 is 10.5 Å². The SMILES string of the molecule is CC(=O)N1CCc2cc(C(=O)[C@@H](C)Sc3nc4ccccc4c(=O)n3C[C@@H]3CCCO3)ccc21. The summed E-state index contributed by atoms with van der Waals surface area (Å²) >= 11 is 1.31. The molecule has 1 amide bonds. The first-order valence-corrected chi connectivity index (χ1v) is 12.5. The van der Waals surface area contributed by atoms with Crippen molar-refractivity contribution in [3.8, 4) is 0 Å². The molecule has 0 aliphatic carbocycles. The number of rotatable bonds is 6. The van der Waals surface area contributed by atoms with Gasteiger partial charge in [-0.15, -0.1) is 0 Å². The van der Waals surface area contributed by atoms with E-state index in [1.54, 1.807) is 28.5 Å². The predicted octanol–water partition coefficient (Wildman–Crippen LogP) is 3.85. The number of Topliss-reactive ketones (excluding diaryl/α,β-unsaturated/α-hetero) is 1. The molecule has 3 heterocycles. The maximum atomic E-state index is 13.3. The molecule has 2 aromatic carbocycles. The number of carbonyl (C=O) groups excluding carboxylic acids is 2. The summed E-state index contributed by atoms with van der Waals surface area (Å²) < 4.78 is 7.44. The third-order valence-electron chi connectivity index (χ3n) is 6.53. The molecule has 0 bridgehead atoms. The second-order valence-corrected chi connectivity index (χ2v) is 10.2. The molecule has 1 fully saturated rings. The normalized spacial score (nSPS) is 18.3. The molecule has 0 spiro atoms. The summed E-state index contributed by atoms with van der Waals surface area (Å²) in [6, 6.07) is 12.8. The number of para-hydroxylation sites is 1. The minimum Gasteiger partial charge on any atom is -0.376 e. The third kappa shape index (κ3) is 4.28. The number of aromatic nitrogens is 2. The van der Waals surface area contributed by atoms with E-state index in [1.807, 2.05) is 37.3 Å². The summed E-state index contributed by atoms with van der Waals surface area (Å²) in [6.45, 7) is 5.18. The molecule has 0 radical (unpaired) electrons. The van der Waals surface area contributed by atoms with Crippen molar-refractivity contribution in [3.05, 3.63) is 63.9 Å². The molecule has 2 atom stereocenters. The largest absolute Gasteiger partial charge is 0.376 e. The minimum atomic E-state index is -0.438. The number of hydrogen-bond acceptors (Lipinski definition) is 6. The van der Waals surface area contributed by atoms with Gasteiger partial charge < -0.3 is 9.64 Å². The molecule has 176 valence electrons. The number of benzene rings is 2. The van der Waals surface area contributed by atoms with Crippen LogP contribution in [-0.2, 0) is 22.5 Å². The van der Waals surface area contributed by atoms with Crippen molar-refractivity contribution in [3.63, 3.8) is 0 Å². The van der Waals surface area contributed by atoms with Crippen LogP contribution in [0.4, 0.5) is 5.69 Å². The van der Waals surface area contributed by atoms with Crippen molar-refractivity contribution in [1.29, 1.82) is 0 Å². The smallest absolute Gasteiger partial charge is 0.262 e. The fraction of sp³-hybridized carbons (Fsp3) is 0.385. The van der Waals surface area contributed by atoms with Gasteiger partial charge in [0.25, 0.3) is 5.56 Å². The third-order valence-corrected chi connectivity index (χ3v) is 7.62. The van der Waals surface area contributed by atoms with Crippen LogP contribution in [0.1, 0.15) is 42.6 Å². The van der Waals surface area contributed by atoms with Gasteiger partial charge in [-0.2, -0.15) is 0 Å². The Kier molecular flexibility index (Phi) is 6.27. The zero-order chi connectivity index (χ0) is 23.8. The molecule has 34 heavy (non-hydrogen) atoms. The quantitative estimate of drug-likeness (QED) is 0.305. The Morgan fingerprint density at radius 3 is 2.82 bits per heavy atom. The lowest BCUT2D eigenvalue weighted by molar-refractivity contribution is -0.116. The predicted molar refractivity (Wildman–Crippen MR) is 133 cm³/mol. The summed E-state index contributed by atoms with van der Waals surface area (Å²) in [5.41, 5.74) is 3.02. The average Bonchev–Trinajstić information content (AvgIpc) is 3.50. The molecule has 1 aromatic heterocycles. The van der Waals surface area contributed by atoms with E-state index in [9.17, 15) is 14.4 Å². The van der Waals surface area contributed by atoms with Crippen LogP contribution in [0.25, 0.3) is 10.9 Å². The maximum Gasteiger partial charge on any atom is 0.262 e. The Morgan fingerprint density at radius 2 is 2.06 bits per heavy atom. The van der Waals surface area contributed by atoms with Crippen molar-refractivity contribution >= 4 is 40.0 Å². The number of amides is 1. The first-order valence-electron chi connectivity index (χ1n) is 11.7. The highest BCUT2D eigenvalue weighted by Gasteiger charge is 2.26. The highest BCUT2D eigenvalue weighted by atomic mass is 32.2. The second kappa shape index (κ2) is 9.35. The Balaban J connectivity index is 1.44. The van der Waals surface area contributed by atoms with Crippen LogP contribution >= 0.6 is 11.8 Å². The summed E-state index contributed by atoms with van der Waals surface area (Å²) in [5.74, 6) is -0.0199. The van der Waals surface area contributed by atoms with E-state index in [1.165, 1.54) is 11.8 Å². The van der Waals surface area contributed by atoms with Gasteiger partial charge in [0, 0.05) is 31.3 Å². The van der Waals surface area contributed by atoms with Gasteiger partial charge in [0.05, 0.1) is 28.8 Å². The number of ketones is 1. The number of carbonyl (C=O) groups is 2. The van der Waals surface area contributed by atoms with Crippen molar-refractivity contribution in [2.24, 2.45) is 0 Å². The van der Waals surface area contributed by atoms with Gasteiger partial charge in [-0.3, -0.25) is 19.0 Å². The molecule has 1 saturated heterocycles. The van der Waals surface area contributed by atoms with Crippen LogP contribution in [0.15, 0.2) is 52.4 Å². The van der Waals surface area contributed by atoms with Gasteiger partial charge >= 0.3 is 0 Å². The molecule has 2 aliphatic rings. The number of fused-ring (bicyclic) bond motifs is 2. The number of anilines is 1. The van der Waals surface area contributed by atoms with E-state index in [4.69, 9.17) is 9.72 Å². The van der Waals surface area contributed by atoms with E-state index >= 15 is 0 Å². The second-order valence-electron chi connectivity index (χ2n) is 8.85. The van der Waals surface area contributed by atoms with E-state index in [2.05, 4.69) is 0 Å². The van der Waals surface area contributed by atoms with Gasteiger partial charge in [-0.1, -0.05) is 23.9 Å². The molecular weight excluding hydrogens is 450 g/mol. The lowest BCUT2D eigenvalue weighted by Gasteiger charge is -2.19. The molecule has 3 aromatic rings. The van der Waals surface area contributed by atoms with Gasteiger partial charge in [-0.05, 0) is 62.1 Å². The fourth-order valence-corrected chi connectivity index (χ4v) is 5.71. The zero-order valence-electron chi connectivity index (χ0n) is 19.3. The molecule has 0 saturated carbocycles. The lowest BCUT2D eigenvalue weighted by Crippen LogP contribution is -2.29. The first kappa shape index (κ1) is 22.8. The number of thioether (sulfide) groups is 1. The van der Waals surface area contributed by atoms with Gasteiger partial charge in [-0.25, -0.2) is 4.98 Å². The highest BCUT2D eigenvalue weighted by Crippen LogP contribution is 2.31. The first-order chi connectivity index (χ1) is 16.4. The van der Waals surface area contributed by atoms with Gasteiger partial charge in [0.15, 0.2) is 10.9 Å². The molecule has 7 nitrogen and oxygen atoms in total. The van der Waals surface area contributed by atoms with E-state index < -0.39 is 5.25 Å². The van der Waals surface area contributed by atoms with Crippen molar-refractivity contribution in [2.75, 3.05) is 18.1 Å². The molecule has 0 N–H and O–H groups in total. The molecular formula is C26H27N3O4S. The van der Waals surface area contributed by atoms with Gasteiger partial charge in [0.2, 0.25) is 5.91 Å². The van der Waals surface area contributed by atoms with E-state index in [0.717, 1.165) is 30.5 Å². The Hall–Kier alpha value is -2.97. The van der Waals surface area contributed by atoms with Crippen molar-refractivity contribution in [1.82, 2.24) is 9.55 Å². The summed E-state index contributed by atoms with van der Waals surface area (Å²) in [7, 11) is 0. The Labute approximate surface area is 202 Å². The Bertz CT molecular complexity index is 1330. The van der Waals surface area contributed by atoms with Crippen molar-refractivity contribution in [2.45, 2.75) is 56.2 Å². The number of ether oxygens (including phenoxy) is 1. The lowest BCUT2D eigenvalue weighted by atomic mass is 10.0. The van der Waals surface area contributed by atoms with Crippen LogP contribution in [0.2, 0.25) is 0 Å². The average molecular weight is 478 g/mol. The minimum absolute atomic E-state index is 0.00772. The van der Waals surface area contributed by atoms with Crippen molar-refractivity contribution < 1.29 is 14.3 Å². The summed E-state index contributed by atoms with van der Waals surface area (Å²) in [6.07, 6.45) is 2.61. The fourth-order valence-electron chi connectivity index (χ4n) is 4.72. The molecule has 5 rings (SSSR count). The van der Waals surface area contributed by atoms with E-state index in [-0.39, 0.29) is 23.4 Å². The van der Waals surface area contributed by atoms with Crippen LogP contribution in [0, 0.1) is 0 Å². The molecule has 0 unspecified atom stereocenters. The van der Waals surface area contributed by atoms with Crippen LogP contribution in [0.5, 0.6) is 0 Å². The van der Waals surface area contributed by atoms with Gasteiger partial charge in [0.1, 0.15) is 0 Å². The molecule has 2 aliphatic heterocycles. The topological polar surface area (TPSA) is 81.5 Å². The Morgan fingerprint density at radius 1 is 1.24 bits per heavy atom. The van der Waals surface area contributed by atoms with Crippen LogP contribution in [0.3, 0.4) is 0 Å². The number of hydrogen-bond donors (Lipinski definition) is 0. The molecule has 8 heteroatoms. The summed E-state index contributed by atoms with van der Waals surface area (Å²) in [5, 5.41) is 0.661. The highest BCUT2D eigenvalue weighted by molar-refractivity contribution is 8.00. The standard InChI is InChI=1S/C26H27N3O4S/c1-16(24(31)19-9-10-23-18(14-19)11-12-28(23)17(2)30)34-26-27-22-8-4-3-7-21(22)25(32)29(26)15-20-6-5-13-33-20/h3-4,7-10,14,16,20H,5-6,11-13,15H2,1-2H3/t16-,20+/m1/s1. The maximum absolute atomic E-state index is 13.3. The number of nitrogens with zero attached hydrogens (tertiary/aromatic N) is 3. The zero-order valence-corrected chi connectivity index (χ0v) is 20.1. The monoisotopic (exact) mass is 477 g/mol. The van der Waals surface area contributed by atoms with E-state index in [0.29, 0.717) is 41.3 Å². The summed E-state index contributed by atoms with van der Waals surface area (Å²) in [4.78, 5) is 45.0. The van der Waals surface area contributed by atoms with Crippen LogP contribution in [-0.4, -0.2) is 45.7 Å².